The van der Waals surface area contributed by atoms with Gasteiger partial charge in [0.1, 0.15) is 18.7 Å². The van der Waals surface area contributed by atoms with E-state index in [4.69, 9.17) is 4.74 Å². The molecular formula is C44H47F6N5O5. The first kappa shape index (κ1) is 42.7. The highest BCUT2D eigenvalue weighted by Gasteiger charge is 2.58. The van der Waals surface area contributed by atoms with Crippen molar-refractivity contribution in [2.75, 3.05) is 32.8 Å². The van der Waals surface area contributed by atoms with Gasteiger partial charge in [-0.2, -0.15) is 26.3 Å². The van der Waals surface area contributed by atoms with E-state index in [1.807, 2.05) is 18.2 Å². The summed E-state index contributed by atoms with van der Waals surface area (Å²) < 4.78 is 87.6. The molecule has 1 N–H and O–H groups in total. The Morgan fingerprint density at radius 1 is 0.817 bits per heavy atom. The van der Waals surface area contributed by atoms with Crippen molar-refractivity contribution in [2.24, 2.45) is 0 Å². The van der Waals surface area contributed by atoms with Crippen molar-refractivity contribution < 1.29 is 50.3 Å². The number of β-lactam (4-membered cyclic amide) rings is 1. The lowest BCUT2D eigenvalue weighted by atomic mass is 9.87. The van der Waals surface area contributed by atoms with Gasteiger partial charge >= 0.3 is 18.4 Å². The lowest BCUT2D eigenvalue weighted by Crippen LogP contribution is -2.74. The molecule has 4 aliphatic rings. The number of nitrogens with zero attached hydrogens (tertiary/aromatic N) is 4. The molecule has 0 radical (unpaired) electrons. The van der Waals surface area contributed by atoms with Crippen molar-refractivity contribution in [3.8, 4) is 0 Å². The Morgan fingerprint density at radius 2 is 1.43 bits per heavy atom. The maximum atomic E-state index is 14.5. The summed E-state index contributed by atoms with van der Waals surface area (Å²) in [4.78, 5) is 62.5. The minimum absolute atomic E-state index is 0.00330. The summed E-state index contributed by atoms with van der Waals surface area (Å²) in [5.41, 5.74) is -2.08. The van der Waals surface area contributed by atoms with Crippen LogP contribution in [-0.2, 0) is 38.0 Å². The number of amides is 4. The van der Waals surface area contributed by atoms with Crippen molar-refractivity contribution >= 4 is 29.9 Å². The number of nitrogens with one attached hydrogen (secondary N) is 1. The highest BCUT2D eigenvalue weighted by molar-refractivity contribution is 5.98. The first-order valence-electron chi connectivity index (χ1n) is 20.3. The average molecular weight is 840 g/mol. The van der Waals surface area contributed by atoms with E-state index in [2.05, 4.69) is 10.2 Å². The summed E-state index contributed by atoms with van der Waals surface area (Å²) in [6.45, 7) is 1.59. The molecule has 60 heavy (non-hydrogen) atoms. The third-order valence-electron chi connectivity index (χ3n) is 12.0. The Morgan fingerprint density at radius 3 is 2.05 bits per heavy atom. The zero-order valence-electron chi connectivity index (χ0n) is 32.8. The molecule has 1 aliphatic carbocycles. The Kier molecular flexibility index (Phi) is 12.9. The molecule has 0 unspecified atom stereocenters. The fraction of sp³-hybridized carbons (Fsp3) is 0.455. The van der Waals surface area contributed by atoms with Gasteiger partial charge in [-0.3, -0.25) is 24.2 Å². The van der Waals surface area contributed by atoms with E-state index < -0.39 is 77.7 Å². The highest BCUT2D eigenvalue weighted by Crippen LogP contribution is 2.40. The average Bonchev–Trinajstić information content (AvgIpc) is 3.62. The Bertz CT molecular complexity index is 2000. The van der Waals surface area contributed by atoms with Crippen LogP contribution in [0.4, 0.5) is 31.1 Å². The Balaban J connectivity index is 1.16. The van der Waals surface area contributed by atoms with Crippen LogP contribution < -0.4 is 5.32 Å². The first-order chi connectivity index (χ1) is 28.7. The number of ether oxygens (including phenoxy) is 1. The topological polar surface area (TPSA) is 103 Å². The number of carbonyl (C=O) groups excluding carboxylic acids is 4. The molecule has 3 aromatic carbocycles. The van der Waals surface area contributed by atoms with E-state index in [-0.39, 0.29) is 31.4 Å². The van der Waals surface area contributed by atoms with Crippen molar-refractivity contribution in [1.82, 2.24) is 24.9 Å². The monoisotopic (exact) mass is 839 g/mol. The molecule has 10 nitrogen and oxygen atoms in total. The summed E-state index contributed by atoms with van der Waals surface area (Å²) in [7, 11) is 0. The molecule has 0 aromatic heterocycles. The number of carbonyl (C=O) groups is 4. The van der Waals surface area contributed by atoms with Gasteiger partial charge in [0.15, 0.2) is 0 Å². The molecule has 0 bridgehead atoms. The van der Waals surface area contributed by atoms with E-state index in [9.17, 15) is 45.5 Å². The Labute approximate surface area is 344 Å². The first-order valence-corrected chi connectivity index (χ1v) is 20.3. The van der Waals surface area contributed by atoms with E-state index in [1.165, 1.54) is 29.1 Å². The smallest absolute Gasteiger partial charge is 0.416 e. The highest BCUT2D eigenvalue weighted by atomic mass is 19.4. The van der Waals surface area contributed by atoms with Gasteiger partial charge in [0.2, 0.25) is 17.7 Å². The minimum atomic E-state index is -5.10. The quantitative estimate of drug-likeness (QED) is 0.150. The van der Waals surface area contributed by atoms with Gasteiger partial charge in [0, 0.05) is 45.2 Å². The van der Waals surface area contributed by atoms with Crippen LogP contribution >= 0.6 is 0 Å². The van der Waals surface area contributed by atoms with Crippen LogP contribution in [-0.4, -0.2) is 100 Å². The Hall–Kier alpha value is -5.38. The maximum absolute atomic E-state index is 14.5. The summed E-state index contributed by atoms with van der Waals surface area (Å²) in [5, 5.41) is 2.47. The van der Waals surface area contributed by atoms with Crippen molar-refractivity contribution in [3.05, 3.63) is 113 Å². The predicted molar refractivity (Wildman–Crippen MR) is 209 cm³/mol. The van der Waals surface area contributed by atoms with E-state index >= 15 is 0 Å². The summed E-state index contributed by atoms with van der Waals surface area (Å²) in [6, 6.07) is 15.4. The minimum Gasteiger partial charge on any atom is -0.447 e. The van der Waals surface area contributed by atoms with E-state index in [0.29, 0.717) is 49.9 Å². The zero-order valence-corrected chi connectivity index (χ0v) is 32.8. The number of cyclic esters (lactones) is 1. The molecule has 3 aromatic rings. The number of hydrogen-bond acceptors (Lipinski definition) is 6. The number of likely N-dealkylation sites (tertiary alicyclic amines) is 1. The number of alkyl halides is 6. The van der Waals surface area contributed by atoms with Crippen molar-refractivity contribution in [2.45, 2.75) is 94.1 Å². The molecule has 4 fully saturated rings. The molecular weight excluding hydrogens is 793 g/mol. The van der Waals surface area contributed by atoms with E-state index in [0.717, 1.165) is 18.4 Å². The molecule has 3 aliphatic heterocycles. The largest absolute Gasteiger partial charge is 0.447 e. The molecule has 4 amide bonds. The molecule has 0 spiro atoms. The zero-order chi connectivity index (χ0) is 42.6. The third-order valence-corrected chi connectivity index (χ3v) is 12.0. The molecule has 3 saturated heterocycles. The van der Waals surface area contributed by atoms with Crippen LogP contribution in [0, 0.1) is 0 Å². The van der Waals surface area contributed by atoms with Gasteiger partial charge in [-0.15, -0.1) is 0 Å². The summed E-state index contributed by atoms with van der Waals surface area (Å²) in [6.07, 6.45) is -2.12. The van der Waals surface area contributed by atoms with Crippen molar-refractivity contribution in [3.63, 3.8) is 0 Å². The van der Waals surface area contributed by atoms with Crippen LogP contribution in [0.2, 0.25) is 0 Å². The lowest BCUT2D eigenvalue weighted by Gasteiger charge is -2.52. The van der Waals surface area contributed by atoms with Gasteiger partial charge in [-0.1, -0.05) is 92.1 Å². The second-order valence-corrected chi connectivity index (χ2v) is 15.8. The summed E-state index contributed by atoms with van der Waals surface area (Å²) >= 11 is 0. The molecule has 4 atom stereocenters. The number of halogens is 6. The van der Waals surface area contributed by atoms with Gasteiger partial charge in [-0.25, -0.2) is 4.79 Å². The van der Waals surface area contributed by atoms with Crippen molar-refractivity contribution in [1.29, 1.82) is 0 Å². The van der Waals surface area contributed by atoms with Gasteiger partial charge in [-0.05, 0) is 54.2 Å². The third kappa shape index (κ3) is 9.64. The maximum Gasteiger partial charge on any atom is 0.416 e. The molecule has 1 saturated carbocycles. The van der Waals surface area contributed by atoms with Crippen LogP contribution in [0.5, 0.6) is 0 Å². The number of piperazine rings is 1. The van der Waals surface area contributed by atoms with Crippen LogP contribution in [0.1, 0.15) is 78.8 Å². The van der Waals surface area contributed by atoms with Gasteiger partial charge < -0.3 is 19.9 Å². The molecule has 3 heterocycles. The fourth-order valence-corrected chi connectivity index (χ4v) is 8.83. The molecule has 7 rings (SSSR count). The number of rotatable bonds is 12. The second kappa shape index (κ2) is 18.1. The van der Waals surface area contributed by atoms with Gasteiger partial charge in [0.25, 0.3) is 0 Å². The predicted octanol–water partition coefficient (Wildman–Crippen LogP) is 7.45. The fourth-order valence-electron chi connectivity index (χ4n) is 8.83. The van der Waals surface area contributed by atoms with Crippen LogP contribution in [0.25, 0.3) is 6.08 Å². The van der Waals surface area contributed by atoms with Crippen LogP contribution in [0.3, 0.4) is 0 Å². The number of benzene rings is 3. The SMILES string of the molecule is O=C(NCc1cc(C(F)(F)F)cc(C(F)(F)F)c1)[C@H](CCC(=O)N1CCN(C2CCCCC2)CC1)N1C(=O)[C@@H](N2C(=O)OC[C@@H]2c2ccccc2)[C@H]1/C=C/c1ccccc1. The molecule has 16 heteroatoms. The standard InChI is InChI=1S/C44H47F6N5O5/c45-43(46,47)32-24-30(25-33(26-32)44(48,49)50)27-51-40(57)36(18-19-38(56)53-22-20-52(21-23-53)34-14-8-3-9-15-34)54-35(17-16-29-10-4-1-5-11-29)39(41(54)58)55-37(28-60-42(55)59)31-12-6-2-7-13-31/h1-2,4-7,10-13,16-17,24-26,34-37,39H,3,8-9,14-15,18-23,27-28H2,(H,51,57)/b17-16+/t35-,36+,37-,39+/m1/s1. The second-order valence-electron chi connectivity index (χ2n) is 15.8. The molecule has 320 valence electrons. The summed E-state index contributed by atoms with van der Waals surface area (Å²) in [5.74, 6) is -1.77. The van der Waals surface area contributed by atoms with E-state index in [1.54, 1.807) is 59.5 Å². The van der Waals surface area contributed by atoms with Crippen LogP contribution in [0.15, 0.2) is 84.9 Å². The normalized spacial score (nSPS) is 22.5. The lowest BCUT2D eigenvalue weighted by molar-refractivity contribution is -0.163. The number of hydrogen-bond donors (Lipinski definition) is 1. The van der Waals surface area contributed by atoms with Gasteiger partial charge in [0.05, 0.1) is 23.2 Å².